The van der Waals surface area contributed by atoms with Crippen LogP contribution in [0.15, 0.2) is 18.2 Å². The highest BCUT2D eigenvalue weighted by Gasteiger charge is 2.33. The quantitative estimate of drug-likeness (QED) is 0.787. The Bertz CT molecular complexity index is 404. The molecular formula is C13H17ClFNO2. The van der Waals surface area contributed by atoms with Crippen LogP contribution in [-0.4, -0.2) is 39.5 Å². The normalized spacial score (nSPS) is 23.7. The number of nitrogens with zero attached hydrogens (tertiary/aromatic N) is 1. The van der Waals surface area contributed by atoms with Gasteiger partial charge in [-0.15, -0.1) is 11.6 Å². The van der Waals surface area contributed by atoms with E-state index < -0.39 is 0 Å². The average molecular weight is 274 g/mol. The Morgan fingerprint density at radius 3 is 2.39 bits per heavy atom. The highest BCUT2D eigenvalue weighted by Crippen LogP contribution is 2.28. The third kappa shape index (κ3) is 2.60. The summed E-state index contributed by atoms with van der Waals surface area (Å²) >= 11 is 5.87. The van der Waals surface area contributed by atoms with Crippen molar-refractivity contribution in [1.82, 2.24) is 0 Å². The maximum absolute atomic E-state index is 13.2. The smallest absolute Gasteiger partial charge is 0.123 e. The second-order valence-corrected chi connectivity index (χ2v) is 4.63. The molecule has 0 spiro atoms. The van der Waals surface area contributed by atoms with Crippen LogP contribution in [0.25, 0.3) is 0 Å². The molecule has 1 aliphatic rings. The lowest BCUT2D eigenvalue weighted by molar-refractivity contribution is -0.00461. The maximum atomic E-state index is 13.2. The number of benzene rings is 1. The molecule has 0 aliphatic carbocycles. The third-order valence-corrected chi connectivity index (χ3v) is 3.63. The van der Waals surface area contributed by atoms with Crippen molar-refractivity contribution in [2.24, 2.45) is 0 Å². The van der Waals surface area contributed by atoms with Gasteiger partial charge in [0.2, 0.25) is 0 Å². The fourth-order valence-electron chi connectivity index (χ4n) is 2.36. The second-order valence-electron chi connectivity index (χ2n) is 4.36. The molecule has 0 bridgehead atoms. The number of hydrogen-bond donors (Lipinski definition) is 0. The molecule has 2 rings (SSSR count). The molecule has 2 atom stereocenters. The highest BCUT2D eigenvalue weighted by molar-refractivity contribution is 6.17. The summed E-state index contributed by atoms with van der Waals surface area (Å²) < 4.78 is 24.0. The van der Waals surface area contributed by atoms with E-state index in [4.69, 9.17) is 21.1 Å². The molecule has 1 heterocycles. The fourth-order valence-corrected chi connectivity index (χ4v) is 2.58. The predicted molar refractivity (Wildman–Crippen MR) is 69.8 cm³/mol. The van der Waals surface area contributed by atoms with Crippen LogP contribution in [0.2, 0.25) is 0 Å². The van der Waals surface area contributed by atoms with Gasteiger partial charge in [0.25, 0.3) is 0 Å². The van der Waals surface area contributed by atoms with Gasteiger partial charge in [-0.25, -0.2) is 4.39 Å². The van der Waals surface area contributed by atoms with Crippen LogP contribution in [0.3, 0.4) is 0 Å². The Morgan fingerprint density at radius 1 is 1.28 bits per heavy atom. The molecule has 2 unspecified atom stereocenters. The maximum Gasteiger partial charge on any atom is 0.123 e. The third-order valence-electron chi connectivity index (χ3n) is 3.35. The Labute approximate surface area is 111 Å². The summed E-state index contributed by atoms with van der Waals surface area (Å²) in [4.78, 5) is 2.12. The van der Waals surface area contributed by atoms with Crippen molar-refractivity contribution in [1.29, 1.82) is 0 Å². The predicted octanol–water partition coefficient (Wildman–Crippen LogP) is 2.41. The van der Waals surface area contributed by atoms with Gasteiger partial charge in [0.15, 0.2) is 0 Å². The van der Waals surface area contributed by atoms with E-state index in [1.54, 1.807) is 20.3 Å². The first-order valence-corrected chi connectivity index (χ1v) is 6.38. The van der Waals surface area contributed by atoms with Crippen LogP contribution < -0.4 is 4.90 Å². The number of hydrogen-bond acceptors (Lipinski definition) is 3. The second kappa shape index (κ2) is 5.87. The SMILES string of the molecule is COC1CN(c2ccc(F)cc2CCl)CC1OC. The molecule has 100 valence electrons. The zero-order valence-corrected chi connectivity index (χ0v) is 11.3. The molecule has 0 radical (unpaired) electrons. The molecule has 1 saturated heterocycles. The number of anilines is 1. The van der Waals surface area contributed by atoms with Crippen molar-refractivity contribution >= 4 is 17.3 Å². The van der Waals surface area contributed by atoms with Gasteiger partial charge in [0.05, 0.1) is 0 Å². The summed E-state index contributed by atoms with van der Waals surface area (Å²) in [5.74, 6) is 0.0268. The van der Waals surface area contributed by atoms with E-state index in [2.05, 4.69) is 4.90 Å². The molecule has 0 amide bonds. The number of ether oxygens (including phenoxy) is 2. The van der Waals surface area contributed by atoms with Gasteiger partial charge in [-0.3, -0.25) is 0 Å². The molecular weight excluding hydrogens is 257 g/mol. The van der Waals surface area contributed by atoms with Gasteiger partial charge in [-0.1, -0.05) is 0 Å². The topological polar surface area (TPSA) is 21.7 Å². The molecule has 1 aliphatic heterocycles. The van der Waals surface area contributed by atoms with Crippen molar-refractivity contribution in [2.45, 2.75) is 18.1 Å². The summed E-state index contributed by atoms with van der Waals surface area (Å²) in [5.41, 5.74) is 1.75. The lowest BCUT2D eigenvalue weighted by Crippen LogP contribution is -2.27. The monoisotopic (exact) mass is 273 g/mol. The van der Waals surface area contributed by atoms with E-state index >= 15 is 0 Å². The number of halogens is 2. The number of rotatable bonds is 4. The van der Waals surface area contributed by atoms with Crippen LogP contribution in [0.5, 0.6) is 0 Å². The largest absolute Gasteiger partial charge is 0.377 e. The summed E-state index contributed by atoms with van der Waals surface area (Å²) in [5, 5.41) is 0. The van der Waals surface area contributed by atoms with Crippen molar-refractivity contribution in [3.63, 3.8) is 0 Å². The Hall–Kier alpha value is -0.840. The summed E-state index contributed by atoms with van der Waals surface area (Å²) in [6, 6.07) is 4.69. The van der Waals surface area contributed by atoms with Gasteiger partial charge in [0, 0.05) is 38.9 Å². The van der Waals surface area contributed by atoms with E-state index in [9.17, 15) is 4.39 Å². The van der Waals surface area contributed by atoms with Crippen LogP contribution in [-0.2, 0) is 15.4 Å². The van der Waals surface area contributed by atoms with Crippen molar-refractivity contribution in [3.8, 4) is 0 Å². The standard InChI is InChI=1S/C13H17ClFNO2/c1-17-12-7-16(8-13(12)18-2)11-4-3-10(15)5-9(11)6-14/h3-5,12-13H,6-8H2,1-2H3. The first-order chi connectivity index (χ1) is 8.69. The highest BCUT2D eigenvalue weighted by atomic mass is 35.5. The van der Waals surface area contributed by atoms with Gasteiger partial charge in [0.1, 0.15) is 18.0 Å². The molecule has 5 heteroatoms. The van der Waals surface area contributed by atoms with E-state index in [-0.39, 0.29) is 18.0 Å². The van der Waals surface area contributed by atoms with Gasteiger partial charge in [-0.2, -0.15) is 0 Å². The summed E-state index contributed by atoms with van der Waals surface area (Å²) in [7, 11) is 3.35. The van der Waals surface area contributed by atoms with Crippen LogP contribution in [0.1, 0.15) is 5.56 Å². The zero-order valence-electron chi connectivity index (χ0n) is 10.5. The molecule has 0 aromatic heterocycles. The van der Waals surface area contributed by atoms with Crippen molar-refractivity contribution < 1.29 is 13.9 Å². The Balaban J connectivity index is 2.22. The van der Waals surface area contributed by atoms with E-state index in [1.807, 2.05) is 0 Å². The van der Waals surface area contributed by atoms with Gasteiger partial charge >= 0.3 is 0 Å². The van der Waals surface area contributed by atoms with Crippen molar-refractivity contribution in [2.75, 3.05) is 32.2 Å². The molecule has 0 N–H and O–H groups in total. The minimum absolute atomic E-state index is 0.0308. The lowest BCUT2D eigenvalue weighted by atomic mass is 10.2. The minimum Gasteiger partial charge on any atom is -0.377 e. The van der Waals surface area contributed by atoms with E-state index in [0.29, 0.717) is 5.88 Å². The van der Waals surface area contributed by atoms with Crippen LogP contribution in [0, 0.1) is 5.82 Å². The molecule has 1 fully saturated rings. The Morgan fingerprint density at radius 2 is 1.89 bits per heavy atom. The lowest BCUT2D eigenvalue weighted by Gasteiger charge is -2.21. The van der Waals surface area contributed by atoms with Crippen molar-refractivity contribution in [3.05, 3.63) is 29.6 Å². The minimum atomic E-state index is -0.264. The fraction of sp³-hybridized carbons (Fsp3) is 0.538. The molecule has 0 saturated carbocycles. The van der Waals surface area contributed by atoms with Crippen LogP contribution >= 0.6 is 11.6 Å². The molecule has 1 aromatic carbocycles. The Kier molecular flexibility index (Phi) is 4.43. The van der Waals surface area contributed by atoms with E-state index in [0.717, 1.165) is 24.3 Å². The number of alkyl halides is 1. The van der Waals surface area contributed by atoms with Crippen LogP contribution in [0.4, 0.5) is 10.1 Å². The summed E-state index contributed by atoms with van der Waals surface area (Å²) in [6.07, 6.45) is 0.0615. The molecule has 1 aromatic rings. The first-order valence-electron chi connectivity index (χ1n) is 5.84. The average Bonchev–Trinajstić information content (AvgIpc) is 2.81. The molecule has 3 nitrogen and oxygen atoms in total. The zero-order chi connectivity index (χ0) is 13.1. The first kappa shape index (κ1) is 13.6. The molecule has 18 heavy (non-hydrogen) atoms. The van der Waals surface area contributed by atoms with Gasteiger partial charge in [-0.05, 0) is 23.8 Å². The van der Waals surface area contributed by atoms with E-state index in [1.165, 1.54) is 12.1 Å². The number of methoxy groups -OCH3 is 2. The van der Waals surface area contributed by atoms with Gasteiger partial charge < -0.3 is 14.4 Å². The summed E-state index contributed by atoms with van der Waals surface area (Å²) in [6.45, 7) is 1.45.